The average Bonchev–Trinajstić information content (AvgIpc) is 2.97. The van der Waals surface area contributed by atoms with E-state index in [0.29, 0.717) is 13.0 Å². The molecule has 1 aliphatic heterocycles. The van der Waals surface area contributed by atoms with Crippen LogP contribution < -0.4 is 0 Å². The average molecular weight is 399 g/mol. The summed E-state index contributed by atoms with van der Waals surface area (Å²) >= 11 is 0. The molecule has 160 valence electrons. The lowest BCUT2D eigenvalue weighted by atomic mass is 9.95. The number of aliphatic hydroxyl groups is 1. The highest BCUT2D eigenvalue weighted by molar-refractivity contribution is 5.69. The van der Waals surface area contributed by atoms with Gasteiger partial charge in [-0.25, -0.2) is 9.59 Å². The Labute approximate surface area is 168 Å². The van der Waals surface area contributed by atoms with Gasteiger partial charge in [0, 0.05) is 20.7 Å². The van der Waals surface area contributed by atoms with Crippen molar-refractivity contribution in [2.45, 2.75) is 70.9 Å². The van der Waals surface area contributed by atoms with E-state index < -0.39 is 35.1 Å². The highest BCUT2D eigenvalue weighted by Gasteiger charge is 2.46. The van der Waals surface area contributed by atoms with Gasteiger partial charge in [-0.15, -0.1) is 0 Å². The maximum absolute atomic E-state index is 12.3. The van der Waals surface area contributed by atoms with Crippen LogP contribution in [-0.4, -0.2) is 83.8 Å². The van der Waals surface area contributed by atoms with E-state index in [9.17, 15) is 14.7 Å². The molecule has 1 fully saturated rings. The summed E-state index contributed by atoms with van der Waals surface area (Å²) < 4.78 is 16.2. The van der Waals surface area contributed by atoms with Crippen molar-refractivity contribution in [3.8, 4) is 11.8 Å². The molecule has 1 heterocycles. The molecule has 1 rings (SSSR count). The third-order valence-electron chi connectivity index (χ3n) is 4.08. The summed E-state index contributed by atoms with van der Waals surface area (Å²) in [7, 11) is 3.05. The predicted molar refractivity (Wildman–Crippen MR) is 105 cm³/mol. The zero-order valence-corrected chi connectivity index (χ0v) is 18.3. The zero-order valence-electron chi connectivity index (χ0n) is 18.3. The van der Waals surface area contributed by atoms with E-state index in [2.05, 4.69) is 11.8 Å². The Morgan fingerprint density at radius 1 is 1.18 bits per heavy atom. The summed E-state index contributed by atoms with van der Waals surface area (Å²) in [5.74, 6) is 5.51. The van der Waals surface area contributed by atoms with Crippen LogP contribution in [0.2, 0.25) is 0 Å². The lowest BCUT2D eigenvalue weighted by Crippen LogP contribution is -2.47. The van der Waals surface area contributed by atoms with Crippen molar-refractivity contribution in [3.63, 3.8) is 0 Å². The van der Waals surface area contributed by atoms with E-state index in [1.165, 1.54) is 16.9 Å². The smallest absolute Gasteiger partial charge is 0.410 e. The fraction of sp³-hybridized carbons (Fsp3) is 0.800. The number of aliphatic hydroxyl groups excluding tert-OH is 1. The molecule has 1 saturated heterocycles. The molecule has 1 N–H and O–H groups in total. The van der Waals surface area contributed by atoms with E-state index in [-0.39, 0.29) is 13.1 Å². The van der Waals surface area contributed by atoms with Crippen molar-refractivity contribution in [1.29, 1.82) is 0 Å². The van der Waals surface area contributed by atoms with Gasteiger partial charge in [0.15, 0.2) is 0 Å². The molecule has 1 aliphatic rings. The minimum atomic E-state index is -1.11. The summed E-state index contributed by atoms with van der Waals surface area (Å²) in [5.41, 5.74) is -2.18. The number of methoxy groups -OCH3 is 1. The Hall–Kier alpha value is -1.98. The summed E-state index contributed by atoms with van der Waals surface area (Å²) in [6.45, 7) is 11.4. The van der Waals surface area contributed by atoms with Crippen LogP contribution in [0.15, 0.2) is 0 Å². The van der Waals surface area contributed by atoms with Crippen molar-refractivity contribution < 1.29 is 28.9 Å². The minimum absolute atomic E-state index is 0.0988. The van der Waals surface area contributed by atoms with Gasteiger partial charge in [0.1, 0.15) is 22.9 Å². The van der Waals surface area contributed by atoms with Crippen LogP contribution in [0.25, 0.3) is 0 Å². The van der Waals surface area contributed by atoms with Gasteiger partial charge in [0.25, 0.3) is 0 Å². The van der Waals surface area contributed by atoms with Crippen LogP contribution in [0.4, 0.5) is 9.59 Å². The first-order chi connectivity index (χ1) is 12.7. The maximum Gasteiger partial charge on any atom is 0.410 e. The van der Waals surface area contributed by atoms with Crippen molar-refractivity contribution in [1.82, 2.24) is 9.80 Å². The van der Waals surface area contributed by atoms with Crippen LogP contribution in [0, 0.1) is 11.8 Å². The Morgan fingerprint density at radius 2 is 1.75 bits per heavy atom. The first-order valence-electron chi connectivity index (χ1n) is 9.33. The second-order valence-electron chi connectivity index (χ2n) is 8.98. The third-order valence-corrected chi connectivity index (χ3v) is 4.08. The molecule has 0 saturated carbocycles. The Morgan fingerprint density at radius 3 is 2.25 bits per heavy atom. The van der Waals surface area contributed by atoms with Crippen LogP contribution in [0.3, 0.4) is 0 Å². The lowest BCUT2D eigenvalue weighted by molar-refractivity contribution is -0.0716. The third kappa shape index (κ3) is 7.21. The molecular formula is C20H34N2O6. The SMILES string of the molecule is CO[C@@]1(C(O)C#CCN(C)C(=O)OC(C)(C)C)CCN(C(=O)OC(C)(C)C)C1. The molecule has 2 atom stereocenters. The van der Waals surface area contributed by atoms with Gasteiger partial charge < -0.3 is 29.1 Å². The fourth-order valence-corrected chi connectivity index (χ4v) is 2.59. The molecule has 28 heavy (non-hydrogen) atoms. The highest BCUT2D eigenvalue weighted by atomic mass is 16.6. The zero-order chi connectivity index (χ0) is 21.8. The van der Waals surface area contributed by atoms with Crippen molar-refractivity contribution in [2.24, 2.45) is 0 Å². The Balaban J connectivity index is 2.70. The molecule has 0 aromatic carbocycles. The molecule has 0 bridgehead atoms. The number of amides is 2. The van der Waals surface area contributed by atoms with E-state index in [1.54, 1.807) is 48.6 Å². The second-order valence-corrected chi connectivity index (χ2v) is 8.98. The first kappa shape index (κ1) is 24.1. The lowest BCUT2D eigenvalue weighted by Gasteiger charge is -2.30. The number of ether oxygens (including phenoxy) is 3. The highest BCUT2D eigenvalue weighted by Crippen LogP contribution is 2.29. The van der Waals surface area contributed by atoms with Crippen LogP contribution in [0.5, 0.6) is 0 Å². The van der Waals surface area contributed by atoms with Crippen LogP contribution in [0.1, 0.15) is 48.0 Å². The molecular weight excluding hydrogens is 364 g/mol. The van der Waals surface area contributed by atoms with Gasteiger partial charge in [-0.05, 0) is 48.0 Å². The standard InChI is InChI=1S/C20H34N2O6/c1-18(2,3)27-16(24)21(7)12-9-10-15(23)20(26-8)11-13-22(14-20)17(25)28-19(4,5)6/h15,23H,11-14H2,1-8H3/t15?,20-/m0/s1. The summed E-state index contributed by atoms with van der Waals surface area (Å²) in [6, 6.07) is 0. The van der Waals surface area contributed by atoms with Crippen molar-refractivity contribution in [3.05, 3.63) is 0 Å². The molecule has 0 aliphatic carbocycles. The largest absolute Gasteiger partial charge is 0.444 e. The predicted octanol–water partition coefficient (Wildman–Crippen LogP) is 2.24. The quantitative estimate of drug-likeness (QED) is 0.734. The van der Waals surface area contributed by atoms with Gasteiger partial charge in [-0.1, -0.05) is 11.8 Å². The maximum atomic E-state index is 12.3. The molecule has 0 aromatic rings. The van der Waals surface area contributed by atoms with Gasteiger partial charge in [-0.3, -0.25) is 0 Å². The number of hydrogen-bond acceptors (Lipinski definition) is 6. The van der Waals surface area contributed by atoms with Gasteiger partial charge in [0.05, 0.1) is 13.1 Å². The first-order valence-corrected chi connectivity index (χ1v) is 9.33. The number of rotatable bonds is 3. The number of carbonyl (C=O) groups is 2. The summed E-state index contributed by atoms with van der Waals surface area (Å²) in [6.07, 6.45) is -1.62. The minimum Gasteiger partial charge on any atom is -0.444 e. The number of hydrogen-bond donors (Lipinski definition) is 1. The summed E-state index contributed by atoms with van der Waals surface area (Å²) in [4.78, 5) is 27.0. The van der Waals surface area contributed by atoms with Crippen molar-refractivity contribution in [2.75, 3.05) is 33.8 Å². The van der Waals surface area contributed by atoms with Crippen molar-refractivity contribution >= 4 is 12.2 Å². The van der Waals surface area contributed by atoms with Gasteiger partial charge in [-0.2, -0.15) is 0 Å². The molecule has 8 heteroatoms. The van der Waals surface area contributed by atoms with Gasteiger partial charge in [0.2, 0.25) is 0 Å². The molecule has 0 radical (unpaired) electrons. The van der Waals surface area contributed by atoms with Gasteiger partial charge >= 0.3 is 12.2 Å². The monoisotopic (exact) mass is 398 g/mol. The second kappa shape index (κ2) is 9.01. The normalized spacial score (nSPS) is 20.8. The topological polar surface area (TPSA) is 88.5 Å². The van der Waals surface area contributed by atoms with E-state index in [4.69, 9.17) is 14.2 Å². The summed E-state index contributed by atoms with van der Waals surface area (Å²) in [5, 5.41) is 10.6. The molecule has 1 unspecified atom stereocenters. The molecule has 0 spiro atoms. The van der Waals surface area contributed by atoms with E-state index in [1.807, 2.05) is 0 Å². The molecule has 8 nitrogen and oxygen atoms in total. The number of likely N-dealkylation sites (tertiary alicyclic amines) is 1. The van der Waals surface area contributed by atoms with Crippen LogP contribution >= 0.6 is 0 Å². The molecule has 2 amide bonds. The van der Waals surface area contributed by atoms with E-state index >= 15 is 0 Å². The van der Waals surface area contributed by atoms with E-state index in [0.717, 1.165) is 0 Å². The Kier molecular flexibility index (Phi) is 7.74. The van der Waals surface area contributed by atoms with Crippen LogP contribution in [-0.2, 0) is 14.2 Å². The fourth-order valence-electron chi connectivity index (χ4n) is 2.59. The molecule has 0 aromatic heterocycles. The number of carbonyl (C=O) groups excluding carboxylic acids is 2. The number of nitrogens with zero attached hydrogens (tertiary/aromatic N) is 2. The Bertz CT molecular complexity index is 625.